The second-order valence-corrected chi connectivity index (χ2v) is 5.24. The van der Waals surface area contributed by atoms with E-state index in [1.165, 1.54) is 16.7 Å². The Balaban J connectivity index is 2.17. The highest BCUT2D eigenvalue weighted by atomic mass is 19.1. The third-order valence-electron chi connectivity index (χ3n) is 3.65. The number of hydrogen-bond donors (Lipinski definition) is 1. The maximum absolute atomic E-state index is 13.5. The van der Waals surface area contributed by atoms with Crippen LogP contribution < -0.4 is 5.73 Å². The summed E-state index contributed by atoms with van der Waals surface area (Å²) in [5.41, 5.74) is 11.4. The molecular weight excluding hydrogens is 237 g/mol. The van der Waals surface area contributed by atoms with Gasteiger partial charge in [-0.1, -0.05) is 30.3 Å². The molecule has 1 atom stereocenters. The Bertz CT molecular complexity index is 590. The molecule has 19 heavy (non-hydrogen) atoms. The van der Waals surface area contributed by atoms with Crippen LogP contribution in [0.5, 0.6) is 0 Å². The monoisotopic (exact) mass is 257 g/mol. The van der Waals surface area contributed by atoms with Gasteiger partial charge in [0.2, 0.25) is 0 Å². The molecule has 0 amide bonds. The van der Waals surface area contributed by atoms with E-state index in [9.17, 15) is 4.39 Å². The summed E-state index contributed by atoms with van der Waals surface area (Å²) in [5.74, 6) is -0.187. The van der Waals surface area contributed by atoms with Crippen LogP contribution in [0.25, 0.3) is 0 Å². The standard InChI is InChI=1S/C17H20FN/c1-11-4-6-14(8-13(11)3)9-17(19)15-7-5-12(2)16(18)10-15/h4-8,10,17H,9,19H2,1-3H3. The van der Waals surface area contributed by atoms with Gasteiger partial charge in [0.15, 0.2) is 0 Å². The molecule has 0 radical (unpaired) electrons. The first kappa shape index (κ1) is 13.8. The van der Waals surface area contributed by atoms with Crippen molar-refractivity contribution in [1.82, 2.24) is 0 Å². The summed E-state index contributed by atoms with van der Waals surface area (Å²) in [6, 6.07) is 11.4. The third-order valence-corrected chi connectivity index (χ3v) is 3.65. The number of hydrogen-bond acceptors (Lipinski definition) is 1. The van der Waals surface area contributed by atoms with Crippen LogP contribution >= 0.6 is 0 Å². The van der Waals surface area contributed by atoms with E-state index in [-0.39, 0.29) is 11.9 Å². The lowest BCUT2D eigenvalue weighted by Crippen LogP contribution is -2.14. The predicted molar refractivity (Wildman–Crippen MR) is 77.7 cm³/mol. The van der Waals surface area contributed by atoms with Crippen molar-refractivity contribution < 1.29 is 4.39 Å². The summed E-state index contributed by atoms with van der Waals surface area (Å²) in [6.07, 6.45) is 0.726. The minimum absolute atomic E-state index is 0.169. The lowest BCUT2D eigenvalue weighted by atomic mass is 9.96. The molecule has 0 aromatic heterocycles. The van der Waals surface area contributed by atoms with E-state index < -0.39 is 0 Å². The van der Waals surface area contributed by atoms with Gasteiger partial charge in [-0.3, -0.25) is 0 Å². The van der Waals surface area contributed by atoms with Gasteiger partial charge in [-0.25, -0.2) is 4.39 Å². The van der Waals surface area contributed by atoms with Gasteiger partial charge in [-0.15, -0.1) is 0 Å². The van der Waals surface area contributed by atoms with E-state index >= 15 is 0 Å². The Morgan fingerprint density at radius 3 is 2.26 bits per heavy atom. The fourth-order valence-corrected chi connectivity index (χ4v) is 2.14. The van der Waals surface area contributed by atoms with E-state index in [4.69, 9.17) is 5.73 Å². The Labute approximate surface area is 114 Å². The van der Waals surface area contributed by atoms with Gasteiger partial charge < -0.3 is 5.73 Å². The minimum Gasteiger partial charge on any atom is -0.324 e. The molecule has 0 heterocycles. The maximum atomic E-state index is 13.5. The average molecular weight is 257 g/mol. The SMILES string of the molecule is Cc1ccc(CC(N)c2ccc(C)c(F)c2)cc1C. The zero-order valence-corrected chi connectivity index (χ0v) is 11.7. The molecule has 2 heteroatoms. The largest absolute Gasteiger partial charge is 0.324 e. The Kier molecular flexibility index (Phi) is 4.01. The molecule has 0 aliphatic carbocycles. The fraction of sp³-hybridized carbons (Fsp3) is 0.294. The first-order chi connectivity index (χ1) is 8.97. The summed E-state index contributed by atoms with van der Waals surface area (Å²) in [5, 5.41) is 0. The van der Waals surface area contributed by atoms with Crippen LogP contribution in [0.4, 0.5) is 4.39 Å². The van der Waals surface area contributed by atoms with Crippen LogP contribution in [-0.2, 0) is 6.42 Å². The first-order valence-electron chi connectivity index (χ1n) is 6.55. The van der Waals surface area contributed by atoms with Crippen molar-refractivity contribution in [3.63, 3.8) is 0 Å². The molecule has 100 valence electrons. The summed E-state index contributed by atoms with van der Waals surface area (Å²) >= 11 is 0. The van der Waals surface area contributed by atoms with E-state index in [0.717, 1.165) is 12.0 Å². The van der Waals surface area contributed by atoms with Crippen molar-refractivity contribution in [2.24, 2.45) is 5.73 Å². The highest BCUT2D eigenvalue weighted by Crippen LogP contribution is 2.20. The van der Waals surface area contributed by atoms with Crippen LogP contribution in [0, 0.1) is 26.6 Å². The van der Waals surface area contributed by atoms with Crippen LogP contribution in [0.2, 0.25) is 0 Å². The molecule has 0 aliphatic heterocycles. The molecule has 0 bridgehead atoms. The summed E-state index contributed by atoms with van der Waals surface area (Å²) < 4.78 is 13.5. The van der Waals surface area contributed by atoms with Crippen LogP contribution in [0.3, 0.4) is 0 Å². The van der Waals surface area contributed by atoms with Crippen LogP contribution in [0.15, 0.2) is 36.4 Å². The third kappa shape index (κ3) is 3.21. The van der Waals surface area contributed by atoms with Gasteiger partial charge in [0, 0.05) is 6.04 Å². The Morgan fingerprint density at radius 1 is 0.947 bits per heavy atom. The first-order valence-corrected chi connectivity index (χ1v) is 6.55. The number of halogens is 1. The molecule has 0 saturated carbocycles. The van der Waals surface area contributed by atoms with Crippen LogP contribution in [0.1, 0.15) is 33.9 Å². The second kappa shape index (κ2) is 5.54. The Hall–Kier alpha value is -1.67. The molecule has 2 aromatic rings. The van der Waals surface area contributed by atoms with E-state index in [1.807, 2.05) is 6.07 Å². The minimum atomic E-state index is -0.187. The summed E-state index contributed by atoms with van der Waals surface area (Å²) in [4.78, 5) is 0. The van der Waals surface area contributed by atoms with Gasteiger partial charge in [0.25, 0.3) is 0 Å². The van der Waals surface area contributed by atoms with Gasteiger partial charge in [-0.2, -0.15) is 0 Å². The molecule has 0 fully saturated rings. The van der Waals surface area contributed by atoms with Crippen molar-refractivity contribution in [1.29, 1.82) is 0 Å². The zero-order chi connectivity index (χ0) is 14.0. The molecule has 2 aromatic carbocycles. The number of aryl methyl sites for hydroxylation is 3. The van der Waals surface area contributed by atoms with Crippen molar-refractivity contribution in [3.8, 4) is 0 Å². The zero-order valence-electron chi connectivity index (χ0n) is 11.7. The highest BCUT2D eigenvalue weighted by molar-refractivity contribution is 5.32. The van der Waals surface area contributed by atoms with Crippen LogP contribution in [-0.4, -0.2) is 0 Å². The predicted octanol–water partition coefficient (Wildman–Crippen LogP) is 3.99. The second-order valence-electron chi connectivity index (χ2n) is 5.24. The number of benzene rings is 2. The summed E-state index contributed by atoms with van der Waals surface area (Å²) in [6.45, 7) is 5.94. The lowest BCUT2D eigenvalue weighted by Gasteiger charge is -2.14. The topological polar surface area (TPSA) is 26.0 Å². The number of rotatable bonds is 3. The average Bonchev–Trinajstić information content (AvgIpc) is 2.37. The molecule has 1 unspecified atom stereocenters. The molecule has 1 nitrogen and oxygen atoms in total. The smallest absolute Gasteiger partial charge is 0.126 e. The quantitative estimate of drug-likeness (QED) is 0.884. The van der Waals surface area contributed by atoms with Gasteiger partial charge in [0.1, 0.15) is 5.82 Å². The fourth-order valence-electron chi connectivity index (χ4n) is 2.14. The van der Waals surface area contributed by atoms with Gasteiger partial charge in [-0.05, 0) is 61.1 Å². The van der Waals surface area contributed by atoms with Crippen molar-refractivity contribution in [3.05, 3.63) is 70.0 Å². The molecule has 2 rings (SSSR count). The molecular formula is C17H20FN. The van der Waals surface area contributed by atoms with Gasteiger partial charge >= 0.3 is 0 Å². The van der Waals surface area contributed by atoms with E-state index in [2.05, 4.69) is 32.0 Å². The maximum Gasteiger partial charge on any atom is 0.126 e. The number of nitrogens with two attached hydrogens (primary N) is 1. The van der Waals surface area contributed by atoms with Crippen molar-refractivity contribution in [2.45, 2.75) is 33.2 Å². The molecule has 0 spiro atoms. The molecule has 0 saturated heterocycles. The normalized spacial score (nSPS) is 12.5. The van der Waals surface area contributed by atoms with Crippen molar-refractivity contribution in [2.75, 3.05) is 0 Å². The molecule has 0 aliphatic rings. The van der Waals surface area contributed by atoms with Gasteiger partial charge in [0.05, 0.1) is 0 Å². The summed E-state index contributed by atoms with van der Waals surface area (Å²) in [7, 11) is 0. The molecule has 2 N–H and O–H groups in total. The lowest BCUT2D eigenvalue weighted by molar-refractivity contribution is 0.609. The highest BCUT2D eigenvalue weighted by Gasteiger charge is 2.09. The Morgan fingerprint density at radius 2 is 1.63 bits per heavy atom. The van der Waals surface area contributed by atoms with E-state index in [1.54, 1.807) is 19.1 Å². The van der Waals surface area contributed by atoms with Crippen molar-refractivity contribution >= 4 is 0 Å². The van der Waals surface area contributed by atoms with E-state index in [0.29, 0.717) is 5.56 Å².